The van der Waals surface area contributed by atoms with Crippen LogP contribution in [0.5, 0.6) is 5.75 Å². The van der Waals surface area contributed by atoms with E-state index in [0.717, 1.165) is 17.7 Å². The van der Waals surface area contributed by atoms with Gasteiger partial charge in [-0.15, -0.1) is 0 Å². The van der Waals surface area contributed by atoms with E-state index in [0.29, 0.717) is 18.9 Å². The van der Waals surface area contributed by atoms with Crippen LogP contribution in [0.4, 0.5) is 0 Å². The van der Waals surface area contributed by atoms with E-state index in [1.165, 1.54) is 0 Å². The number of para-hydroxylation sites is 1. The van der Waals surface area contributed by atoms with Gasteiger partial charge in [-0.25, -0.2) is 0 Å². The van der Waals surface area contributed by atoms with Crippen molar-refractivity contribution in [2.45, 2.75) is 32.7 Å². The van der Waals surface area contributed by atoms with Gasteiger partial charge in [0.05, 0.1) is 13.2 Å². The number of carbonyl (C=O) groups excluding carboxylic acids is 1. The van der Waals surface area contributed by atoms with Crippen LogP contribution in [0.3, 0.4) is 0 Å². The zero-order chi connectivity index (χ0) is 15.1. The molecule has 1 rings (SSSR count). The summed E-state index contributed by atoms with van der Waals surface area (Å²) < 4.78 is 5.36. The Labute approximate surface area is 121 Å². The molecule has 112 valence electrons. The highest BCUT2D eigenvalue weighted by Gasteiger charge is 2.20. The number of hydrogen-bond donors (Lipinski definition) is 1. The molecule has 4 nitrogen and oxygen atoms in total. The Balaban J connectivity index is 2.70. The molecule has 4 heteroatoms. The molecule has 2 unspecified atom stereocenters. The normalized spacial score (nSPS) is 13.7. The number of hydrogen-bond acceptors (Lipinski definition) is 3. The lowest BCUT2D eigenvalue weighted by atomic mass is 10.0. The van der Waals surface area contributed by atoms with Gasteiger partial charge in [0.15, 0.2) is 0 Å². The molecule has 2 N–H and O–H groups in total. The molecule has 1 amide bonds. The molecular weight excluding hydrogens is 252 g/mol. The summed E-state index contributed by atoms with van der Waals surface area (Å²) in [6, 6.07) is 7.80. The highest BCUT2D eigenvalue weighted by Crippen LogP contribution is 2.28. The van der Waals surface area contributed by atoms with E-state index in [1.807, 2.05) is 38.2 Å². The number of nitrogens with zero attached hydrogens (tertiary/aromatic N) is 1. The standard InChI is InChI=1S/C16H26N2O2/c1-12(11-17)9-10-16(19)18(3)13(2)14-7-5-6-8-15(14)20-4/h5-8,12-13H,9-11,17H2,1-4H3. The minimum atomic E-state index is -0.00756. The molecule has 1 aromatic carbocycles. The smallest absolute Gasteiger partial charge is 0.222 e. The van der Waals surface area contributed by atoms with Gasteiger partial charge in [-0.05, 0) is 31.9 Å². The van der Waals surface area contributed by atoms with Gasteiger partial charge in [0, 0.05) is 19.0 Å². The monoisotopic (exact) mass is 278 g/mol. The first-order chi connectivity index (χ1) is 9.51. The van der Waals surface area contributed by atoms with Gasteiger partial charge in [-0.1, -0.05) is 25.1 Å². The van der Waals surface area contributed by atoms with E-state index in [4.69, 9.17) is 10.5 Å². The van der Waals surface area contributed by atoms with Gasteiger partial charge < -0.3 is 15.4 Å². The van der Waals surface area contributed by atoms with Crippen molar-refractivity contribution in [1.82, 2.24) is 4.90 Å². The Morgan fingerprint density at radius 2 is 2.00 bits per heavy atom. The second kappa shape index (κ2) is 7.90. The number of ether oxygens (including phenoxy) is 1. The van der Waals surface area contributed by atoms with Gasteiger partial charge in [-0.2, -0.15) is 0 Å². The van der Waals surface area contributed by atoms with Crippen molar-refractivity contribution in [1.29, 1.82) is 0 Å². The molecule has 2 atom stereocenters. The Bertz CT molecular complexity index is 434. The fraction of sp³-hybridized carbons (Fsp3) is 0.562. The third-order valence-corrected chi connectivity index (χ3v) is 3.82. The minimum Gasteiger partial charge on any atom is -0.496 e. The zero-order valence-corrected chi connectivity index (χ0v) is 12.9. The van der Waals surface area contributed by atoms with E-state index in [9.17, 15) is 4.79 Å². The van der Waals surface area contributed by atoms with E-state index in [1.54, 1.807) is 12.0 Å². The highest BCUT2D eigenvalue weighted by molar-refractivity contribution is 5.76. The molecule has 0 heterocycles. The van der Waals surface area contributed by atoms with Crippen molar-refractivity contribution in [2.24, 2.45) is 11.7 Å². The summed E-state index contributed by atoms with van der Waals surface area (Å²) >= 11 is 0. The van der Waals surface area contributed by atoms with Gasteiger partial charge in [0.25, 0.3) is 0 Å². The number of rotatable bonds is 7. The first-order valence-corrected chi connectivity index (χ1v) is 7.09. The third kappa shape index (κ3) is 4.23. The topological polar surface area (TPSA) is 55.6 Å². The summed E-state index contributed by atoms with van der Waals surface area (Å²) in [5.41, 5.74) is 6.61. The van der Waals surface area contributed by atoms with Crippen LogP contribution in [0, 0.1) is 5.92 Å². The fourth-order valence-corrected chi connectivity index (χ4v) is 2.10. The Morgan fingerprint density at radius 1 is 1.35 bits per heavy atom. The van der Waals surface area contributed by atoms with E-state index in [2.05, 4.69) is 6.92 Å². The lowest BCUT2D eigenvalue weighted by Gasteiger charge is -2.27. The maximum Gasteiger partial charge on any atom is 0.222 e. The van der Waals surface area contributed by atoms with Crippen LogP contribution in [-0.4, -0.2) is 31.5 Å². The summed E-state index contributed by atoms with van der Waals surface area (Å²) in [4.78, 5) is 14.0. The molecule has 0 spiro atoms. The molecule has 0 saturated carbocycles. The fourth-order valence-electron chi connectivity index (χ4n) is 2.10. The van der Waals surface area contributed by atoms with Gasteiger partial charge >= 0.3 is 0 Å². The summed E-state index contributed by atoms with van der Waals surface area (Å²) in [5, 5.41) is 0. The van der Waals surface area contributed by atoms with Crippen molar-refractivity contribution in [3.63, 3.8) is 0 Å². The third-order valence-electron chi connectivity index (χ3n) is 3.82. The number of amides is 1. The van der Waals surface area contributed by atoms with Crippen molar-refractivity contribution in [3.05, 3.63) is 29.8 Å². The van der Waals surface area contributed by atoms with Crippen LogP contribution in [0.15, 0.2) is 24.3 Å². The molecule has 20 heavy (non-hydrogen) atoms. The van der Waals surface area contributed by atoms with Crippen molar-refractivity contribution < 1.29 is 9.53 Å². The molecule has 0 radical (unpaired) electrons. The summed E-state index contributed by atoms with van der Waals surface area (Å²) in [6.07, 6.45) is 1.37. The lowest BCUT2D eigenvalue weighted by molar-refractivity contribution is -0.132. The molecule has 0 aliphatic heterocycles. The summed E-state index contributed by atoms with van der Waals surface area (Å²) in [7, 11) is 3.49. The molecular formula is C16H26N2O2. The van der Waals surface area contributed by atoms with Crippen molar-refractivity contribution >= 4 is 5.91 Å². The van der Waals surface area contributed by atoms with Crippen LogP contribution < -0.4 is 10.5 Å². The number of benzene rings is 1. The van der Waals surface area contributed by atoms with Crippen LogP contribution in [-0.2, 0) is 4.79 Å². The predicted octanol–water partition coefficient (Wildman–Crippen LogP) is 2.59. The number of methoxy groups -OCH3 is 1. The van der Waals surface area contributed by atoms with Crippen LogP contribution in [0.25, 0.3) is 0 Å². The molecule has 1 aromatic rings. The Kier molecular flexibility index (Phi) is 6.52. The molecule has 0 saturated heterocycles. The Hall–Kier alpha value is -1.55. The first-order valence-electron chi connectivity index (χ1n) is 7.09. The lowest BCUT2D eigenvalue weighted by Crippen LogP contribution is -2.30. The molecule has 0 aliphatic rings. The van der Waals surface area contributed by atoms with Gasteiger partial charge in [0.1, 0.15) is 5.75 Å². The van der Waals surface area contributed by atoms with Gasteiger partial charge in [-0.3, -0.25) is 4.79 Å². The molecule has 0 fully saturated rings. The largest absolute Gasteiger partial charge is 0.496 e. The Morgan fingerprint density at radius 3 is 2.60 bits per heavy atom. The first kappa shape index (κ1) is 16.5. The second-order valence-electron chi connectivity index (χ2n) is 5.30. The molecule has 0 aliphatic carbocycles. The van der Waals surface area contributed by atoms with Gasteiger partial charge in [0.2, 0.25) is 5.91 Å². The van der Waals surface area contributed by atoms with Crippen molar-refractivity contribution in [3.8, 4) is 5.75 Å². The van der Waals surface area contributed by atoms with Crippen LogP contribution >= 0.6 is 0 Å². The maximum atomic E-state index is 12.2. The average molecular weight is 278 g/mol. The van der Waals surface area contributed by atoms with Crippen molar-refractivity contribution in [2.75, 3.05) is 20.7 Å². The number of carbonyl (C=O) groups is 1. The van der Waals surface area contributed by atoms with E-state index >= 15 is 0 Å². The quantitative estimate of drug-likeness (QED) is 0.834. The SMILES string of the molecule is COc1ccccc1C(C)N(C)C(=O)CCC(C)CN. The predicted molar refractivity (Wildman–Crippen MR) is 81.6 cm³/mol. The minimum absolute atomic E-state index is 0.00756. The number of nitrogens with two attached hydrogens (primary N) is 1. The second-order valence-corrected chi connectivity index (χ2v) is 5.30. The molecule has 0 bridgehead atoms. The van der Waals surface area contributed by atoms with E-state index < -0.39 is 0 Å². The van der Waals surface area contributed by atoms with Crippen LogP contribution in [0.1, 0.15) is 38.3 Å². The zero-order valence-electron chi connectivity index (χ0n) is 12.9. The maximum absolute atomic E-state index is 12.2. The van der Waals surface area contributed by atoms with E-state index in [-0.39, 0.29) is 11.9 Å². The highest BCUT2D eigenvalue weighted by atomic mass is 16.5. The summed E-state index contributed by atoms with van der Waals surface area (Å²) in [5.74, 6) is 1.34. The molecule has 0 aromatic heterocycles. The average Bonchev–Trinajstić information content (AvgIpc) is 2.50. The van der Waals surface area contributed by atoms with Crippen LogP contribution in [0.2, 0.25) is 0 Å². The summed E-state index contributed by atoms with van der Waals surface area (Å²) in [6.45, 7) is 4.71.